The van der Waals surface area contributed by atoms with Gasteiger partial charge < -0.3 is 10.1 Å². The second-order valence-corrected chi connectivity index (χ2v) is 8.07. The van der Waals surface area contributed by atoms with Gasteiger partial charge in [0.15, 0.2) is 12.4 Å². The first-order valence-electron chi connectivity index (χ1n) is 10.6. The molecule has 1 fully saturated rings. The molecule has 0 aliphatic heterocycles. The summed E-state index contributed by atoms with van der Waals surface area (Å²) in [6.07, 6.45) is 5.32. The minimum Gasteiger partial charge on any atom is -0.452 e. The van der Waals surface area contributed by atoms with Gasteiger partial charge in [0.2, 0.25) is 0 Å². The summed E-state index contributed by atoms with van der Waals surface area (Å²) in [5.74, 6) is 0.198. The number of benzene rings is 1. The van der Waals surface area contributed by atoms with E-state index >= 15 is 0 Å². The van der Waals surface area contributed by atoms with Crippen molar-refractivity contribution < 1.29 is 14.3 Å². The van der Waals surface area contributed by atoms with Crippen LogP contribution in [0.4, 0.5) is 0 Å². The summed E-state index contributed by atoms with van der Waals surface area (Å²) >= 11 is 0. The zero-order chi connectivity index (χ0) is 21.8. The molecule has 0 bridgehead atoms. The molecule has 1 aliphatic rings. The van der Waals surface area contributed by atoms with Gasteiger partial charge in [-0.15, -0.1) is 0 Å². The molecule has 3 aromatic rings. The zero-order valence-electron chi connectivity index (χ0n) is 17.7. The highest BCUT2D eigenvalue weighted by molar-refractivity contribution is 5.92. The number of esters is 1. The molecule has 1 atom stereocenters. The van der Waals surface area contributed by atoms with Gasteiger partial charge in [0, 0.05) is 6.20 Å². The van der Waals surface area contributed by atoms with Crippen LogP contribution >= 0.6 is 0 Å². The number of aromatic nitrogens is 3. The van der Waals surface area contributed by atoms with Crippen molar-refractivity contribution in [1.82, 2.24) is 20.1 Å². The molecule has 31 heavy (non-hydrogen) atoms. The predicted octanol–water partition coefficient (Wildman–Crippen LogP) is 3.82. The SMILES string of the molecule is CC(C)c1c(C(=O)OCC(=O)NC(c2ccccc2)C2CC2)cnn1-c1ccccn1. The Labute approximate surface area is 181 Å². The molecule has 0 radical (unpaired) electrons. The normalized spacial score (nSPS) is 14.3. The third-order valence-electron chi connectivity index (χ3n) is 5.34. The summed E-state index contributed by atoms with van der Waals surface area (Å²) < 4.78 is 6.98. The van der Waals surface area contributed by atoms with E-state index in [4.69, 9.17) is 4.74 Å². The number of hydrogen-bond donors (Lipinski definition) is 1. The fraction of sp³-hybridized carbons (Fsp3) is 0.333. The van der Waals surface area contributed by atoms with Crippen LogP contribution in [0.3, 0.4) is 0 Å². The van der Waals surface area contributed by atoms with Crippen molar-refractivity contribution in [3.63, 3.8) is 0 Å². The Morgan fingerprint density at radius 3 is 2.52 bits per heavy atom. The van der Waals surface area contributed by atoms with Gasteiger partial charge in [-0.3, -0.25) is 4.79 Å². The van der Waals surface area contributed by atoms with Crippen LogP contribution < -0.4 is 5.32 Å². The minimum absolute atomic E-state index is 0.0122. The largest absolute Gasteiger partial charge is 0.452 e. The van der Waals surface area contributed by atoms with Gasteiger partial charge in [0.05, 0.1) is 17.9 Å². The Bertz CT molecular complexity index is 1040. The van der Waals surface area contributed by atoms with Crippen molar-refractivity contribution in [2.45, 2.75) is 38.6 Å². The van der Waals surface area contributed by atoms with Gasteiger partial charge in [-0.25, -0.2) is 14.5 Å². The molecule has 1 amide bonds. The van der Waals surface area contributed by atoms with Gasteiger partial charge >= 0.3 is 5.97 Å². The molecular formula is C24H26N4O3. The molecule has 2 heterocycles. The van der Waals surface area contributed by atoms with Gasteiger partial charge in [0.25, 0.3) is 5.91 Å². The van der Waals surface area contributed by atoms with Crippen LogP contribution in [0, 0.1) is 5.92 Å². The van der Waals surface area contributed by atoms with E-state index in [9.17, 15) is 9.59 Å². The molecule has 1 unspecified atom stereocenters. The molecule has 1 aromatic carbocycles. The van der Waals surface area contributed by atoms with E-state index in [1.807, 2.05) is 62.4 Å². The minimum atomic E-state index is -0.566. The number of carbonyl (C=O) groups excluding carboxylic acids is 2. The molecule has 160 valence electrons. The standard InChI is InChI=1S/C24H26N4O3/c1-16(2)23-19(14-26-28(23)20-10-6-7-13-25-20)24(30)31-15-21(29)27-22(18-11-12-18)17-8-4-3-5-9-17/h3-10,13-14,16,18,22H,11-12,15H2,1-2H3,(H,27,29). The molecule has 1 aliphatic carbocycles. The Balaban J connectivity index is 1.43. The lowest BCUT2D eigenvalue weighted by atomic mass is 10.0. The first kappa shape index (κ1) is 20.8. The van der Waals surface area contributed by atoms with Crippen molar-refractivity contribution in [1.29, 1.82) is 0 Å². The molecule has 2 aromatic heterocycles. The smallest absolute Gasteiger partial charge is 0.342 e. The molecular weight excluding hydrogens is 392 g/mol. The summed E-state index contributed by atoms with van der Waals surface area (Å²) in [5.41, 5.74) is 2.11. The van der Waals surface area contributed by atoms with E-state index in [1.165, 1.54) is 6.20 Å². The van der Waals surface area contributed by atoms with E-state index in [-0.39, 0.29) is 24.5 Å². The third-order valence-corrected chi connectivity index (χ3v) is 5.34. The number of ether oxygens (including phenoxy) is 1. The van der Waals surface area contributed by atoms with Gasteiger partial charge in [-0.1, -0.05) is 50.2 Å². The van der Waals surface area contributed by atoms with E-state index in [0.717, 1.165) is 18.4 Å². The lowest BCUT2D eigenvalue weighted by Gasteiger charge is -2.19. The number of nitrogens with one attached hydrogen (secondary N) is 1. The van der Waals surface area contributed by atoms with E-state index in [1.54, 1.807) is 10.9 Å². The average molecular weight is 418 g/mol. The number of pyridine rings is 1. The molecule has 0 spiro atoms. The van der Waals surface area contributed by atoms with Crippen LogP contribution in [-0.4, -0.2) is 33.2 Å². The van der Waals surface area contributed by atoms with Crippen molar-refractivity contribution in [2.75, 3.05) is 6.61 Å². The zero-order valence-corrected chi connectivity index (χ0v) is 17.7. The molecule has 1 saturated carbocycles. The molecule has 0 saturated heterocycles. The van der Waals surface area contributed by atoms with Gasteiger partial charge in [0.1, 0.15) is 5.56 Å². The first-order valence-corrected chi connectivity index (χ1v) is 10.6. The average Bonchev–Trinajstić information content (AvgIpc) is 3.53. The monoisotopic (exact) mass is 418 g/mol. The topological polar surface area (TPSA) is 86.1 Å². The lowest BCUT2D eigenvalue weighted by Crippen LogP contribution is -2.33. The molecule has 1 N–H and O–H groups in total. The summed E-state index contributed by atoms with van der Waals surface area (Å²) in [5, 5.41) is 7.35. The fourth-order valence-corrected chi connectivity index (χ4v) is 3.72. The molecule has 4 rings (SSSR count). The first-order chi connectivity index (χ1) is 15.0. The maximum absolute atomic E-state index is 12.7. The number of carbonyl (C=O) groups is 2. The van der Waals surface area contributed by atoms with Crippen LogP contribution in [0.25, 0.3) is 5.82 Å². The highest BCUT2D eigenvalue weighted by Gasteiger charge is 2.33. The van der Waals surface area contributed by atoms with Crippen LogP contribution in [0.2, 0.25) is 0 Å². The van der Waals surface area contributed by atoms with Crippen molar-refractivity contribution >= 4 is 11.9 Å². The van der Waals surface area contributed by atoms with Crippen molar-refractivity contribution in [3.8, 4) is 5.82 Å². The van der Waals surface area contributed by atoms with Crippen LogP contribution in [-0.2, 0) is 9.53 Å². The van der Waals surface area contributed by atoms with Crippen LogP contribution in [0.15, 0.2) is 60.9 Å². The van der Waals surface area contributed by atoms with Gasteiger partial charge in [-0.05, 0) is 42.4 Å². The number of amides is 1. The molecule has 7 heteroatoms. The van der Waals surface area contributed by atoms with E-state index in [2.05, 4.69) is 15.4 Å². The Kier molecular flexibility index (Phi) is 6.11. The second kappa shape index (κ2) is 9.12. The number of hydrogen-bond acceptors (Lipinski definition) is 5. The number of rotatable bonds is 8. The third kappa shape index (κ3) is 4.82. The van der Waals surface area contributed by atoms with E-state index in [0.29, 0.717) is 23.0 Å². The summed E-state index contributed by atoms with van der Waals surface area (Å²) in [4.78, 5) is 29.6. The lowest BCUT2D eigenvalue weighted by molar-refractivity contribution is -0.125. The quantitative estimate of drug-likeness (QED) is 0.562. The Morgan fingerprint density at radius 1 is 1.13 bits per heavy atom. The fourth-order valence-electron chi connectivity index (χ4n) is 3.72. The summed E-state index contributed by atoms with van der Waals surface area (Å²) in [6, 6.07) is 15.3. The second-order valence-electron chi connectivity index (χ2n) is 8.07. The highest BCUT2D eigenvalue weighted by Crippen LogP contribution is 2.40. The summed E-state index contributed by atoms with van der Waals surface area (Å²) in [7, 11) is 0. The van der Waals surface area contributed by atoms with Gasteiger partial charge in [-0.2, -0.15) is 5.10 Å². The molecule has 7 nitrogen and oxygen atoms in total. The Hall–Kier alpha value is -3.48. The Morgan fingerprint density at radius 2 is 1.87 bits per heavy atom. The number of nitrogens with zero attached hydrogens (tertiary/aromatic N) is 3. The van der Waals surface area contributed by atoms with Crippen LogP contribution in [0.5, 0.6) is 0 Å². The maximum atomic E-state index is 12.7. The highest BCUT2D eigenvalue weighted by atomic mass is 16.5. The predicted molar refractivity (Wildman–Crippen MR) is 116 cm³/mol. The van der Waals surface area contributed by atoms with Crippen LogP contribution in [0.1, 0.15) is 60.3 Å². The van der Waals surface area contributed by atoms with Crippen molar-refractivity contribution in [2.24, 2.45) is 5.92 Å². The van der Waals surface area contributed by atoms with E-state index < -0.39 is 5.97 Å². The van der Waals surface area contributed by atoms with Crippen molar-refractivity contribution in [3.05, 3.63) is 77.7 Å². The maximum Gasteiger partial charge on any atom is 0.342 e. The summed E-state index contributed by atoms with van der Waals surface area (Å²) in [6.45, 7) is 3.61.